The Balaban J connectivity index is 1.90. The minimum absolute atomic E-state index is 0.0710. The summed E-state index contributed by atoms with van der Waals surface area (Å²) in [5.41, 5.74) is 0.773. The number of H-pyrrole nitrogens is 1. The SMILES string of the molecule is CC(C)(C)c1cn2c(=O)[nH]nc2c(NCC(O)c2ccc(O)c(O)c2)n1. The van der Waals surface area contributed by atoms with E-state index >= 15 is 0 Å². The van der Waals surface area contributed by atoms with Crippen molar-refractivity contribution < 1.29 is 15.3 Å². The molecule has 5 N–H and O–H groups in total. The molecule has 0 saturated heterocycles. The summed E-state index contributed by atoms with van der Waals surface area (Å²) < 4.78 is 1.37. The lowest BCUT2D eigenvalue weighted by Crippen LogP contribution is -2.21. The Morgan fingerprint density at radius 2 is 2.00 bits per heavy atom. The first-order chi connectivity index (χ1) is 12.2. The number of aromatic amines is 1. The largest absolute Gasteiger partial charge is 0.504 e. The van der Waals surface area contributed by atoms with Gasteiger partial charge in [0.05, 0.1) is 11.8 Å². The Hall–Kier alpha value is -3.07. The summed E-state index contributed by atoms with van der Waals surface area (Å²) in [6.45, 7) is 6.00. The molecular formula is C17H21N5O4. The van der Waals surface area contributed by atoms with Crippen LogP contribution in [0.2, 0.25) is 0 Å². The van der Waals surface area contributed by atoms with Crippen LogP contribution in [0.4, 0.5) is 5.82 Å². The molecule has 2 aromatic heterocycles. The summed E-state index contributed by atoms with van der Waals surface area (Å²) in [6, 6.07) is 4.10. The maximum absolute atomic E-state index is 11.9. The van der Waals surface area contributed by atoms with Crippen LogP contribution in [0.5, 0.6) is 11.5 Å². The molecular weight excluding hydrogens is 338 g/mol. The highest BCUT2D eigenvalue weighted by Gasteiger charge is 2.20. The molecule has 1 aromatic carbocycles. The van der Waals surface area contributed by atoms with E-state index in [2.05, 4.69) is 20.5 Å². The van der Waals surface area contributed by atoms with Gasteiger partial charge in [0.1, 0.15) is 0 Å². The fourth-order valence-corrected chi connectivity index (χ4v) is 2.45. The van der Waals surface area contributed by atoms with Gasteiger partial charge in [0.15, 0.2) is 17.3 Å². The van der Waals surface area contributed by atoms with E-state index < -0.39 is 6.10 Å². The van der Waals surface area contributed by atoms with E-state index in [1.54, 1.807) is 6.20 Å². The maximum atomic E-state index is 11.9. The van der Waals surface area contributed by atoms with Gasteiger partial charge < -0.3 is 20.6 Å². The molecule has 3 rings (SSSR count). The van der Waals surface area contributed by atoms with E-state index in [1.807, 2.05) is 20.8 Å². The van der Waals surface area contributed by atoms with Crippen LogP contribution < -0.4 is 11.0 Å². The molecule has 0 amide bonds. The molecule has 9 heteroatoms. The molecule has 26 heavy (non-hydrogen) atoms. The van der Waals surface area contributed by atoms with Crippen LogP contribution in [0.1, 0.15) is 38.1 Å². The van der Waals surface area contributed by atoms with Crippen molar-refractivity contribution in [3.8, 4) is 11.5 Å². The van der Waals surface area contributed by atoms with Crippen LogP contribution >= 0.6 is 0 Å². The van der Waals surface area contributed by atoms with Crippen molar-refractivity contribution in [3.05, 3.63) is 46.1 Å². The van der Waals surface area contributed by atoms with Gasteiger partial charge >= 0.3 is 5.69 Å². The molecule has 0 spiro atoms. The van der Waals surface area contributed by atoms with Crippen molar-refractivity contribution in [3.63, 3.8) is 0 Å². The average Bonchev–Trinajstić information content (AvgIpc) is 2.95. The third-order valence-corrected chi connectivity index (χ3v) is 4.02. The number of nitrogens with zero attached hydrogens (tertiary/aromatic N) is 3. The van der Waals surface area contributed by atoms with E-state index in [0.717, 1.165) is 0 Å². The highest BCUT2D eigenvalue weighted by molar-refractivity contribution is 5.62. The number of phenolic OH excluding ortho intramolecular Hbond substituents is 2. The van der Waals surface area contributed by atoms with E-state index in [9.17, 15) is 20.1 Å². The lowest BCUT2D eigenvalue weighted by atomic mass is 9.93. The molecule has 138 valence electrons. The average molecular weight is 359 g/mol. The fraction of sp³-hybridized carbons (Fsp3) is 0.353. The lowest BCUT2D eigenvalue weighted by Gasteiger charge is -2.20. The van der Waals surface area contributed by atoms with Gasteiger partial charge in [0.2, 0.25) is 5.65 Å². The number of aromatic hydroxyl groups is 2. The van der Waals surface area contributed by atoms with Gasteiger partial charge in [0.25, 0.3) is 0 Å². The second-order valence-electron chi connectivity index (χ2n) is 7.09. The zero-order valence-corrected chi connectivity index (χ0v) is 14.7. The summed E-state index contributed by atoms with van der Waals surface area (Å²) in [6.07, 6.45) is 0.674. The molecule has 3 aromatic rings. The van der Waals surface area contributed by atoms with E-state index in [4.69, 9.17) is 0 Å². The molecule has 0 radical (unpaired) electrons. The first-order valence-corrected chi connectivity index (χ1v) is 8.09. The zero-order valence-electron chi connectivity index (χ0n) is 14.7. The second-order valence-corrected chi connectivity index (χ2v) is 7.09. The lowest BCUT2D eigenvalue weighted by molar-refractivity contribution is 0.191. The first kappa shape index (κ1) is 17.7. The number of phenols is 2. The molecule has 2 heterocycles. The molecule has 9 nitrogen and oxygen atoms in total. The Morgan fingerprint density at radius 1 is 1.27 bits per heavy atom. The van der Waals surface area contributed by atoms with Crippen LogP contribution in [0.15, 0.2) is 29.2 Å². The van der Waals surface area contributed by atoms with E-state index in [0.29, 0.717) is 22.7 Å². The molecule has 0 fully saturated rings. The van der Waals surface area contributed by atoms with Crippen molar-refractivity contribution >= 4 is 11.5 Å². The van der Waals surface area contributed by atoms with Crippen LogP contribution in [0.3, 0.4) is 0 Å². The van der Waals surface area contributed by atoms with Crippen molar-refractivity contribution in [1.82, 2.24) is 19.6 Å². The number of hydrogen-bond donors (Lipinski definition) is 5. The molecule has 0 bridgehead atoms. The highest BCUT2D eigenvalue weighted by atomic mass is 16.3. The quantitative estimate of drug-likeness (QED) is 0.443. The summed E-state index contributed by atoms with van der Waals surface area (Å²) >= 11 is 0. The van der Waals surface area contributed by atoms with Crippen LogP contribution in [0.25, 0.3) is 5.65 Å². The van der Waals surface area contributed by atoms with Crippen LogP contribution in [-0.4, -0.2) is 41.4 Å². The summed E-state index contributed by atoms with van der Waals surface area (Å²) in [7, 11) is 0. The van der Waals surface area contributed by atoms with Gasteiger partial charge in [-0.15, -0.1) is 5.10 Å². The monoisotopic (exact) mass is 359 g/mol. The number of fused-ring (bicyclic) bond motifs is 1. The Labute approximate surface area is 149 Å². The molecule has 1 atom stereocenters. The summed E-state index contributed by atoms with van der Waals surface area (Å²) in [5.74, 6) is -0.209. The van der Waals surface area contributed by atoms with Gasteiger partial charge in [-0.05, 0) is 17.7 Å². The van der Waals surface area contributed by atoms with Gasteiger partial charge in [-0.2, -0.15) is 0 Å². The van der Waals surface area contributed by atoms with Crippen LogP contribution in [-0.2, 0) is 5.41 Å². The van der Waals surface area contributed by atoms with E-state index in [-0.39, 0.29) is 29.1 Å². The minimum atomic E-state index is -0.965. The first-order valence-electron chi connectivity index (χ1n) is 8.09. The van der Waals surface area contributed by atoms with Gasteiger partial charge in [-0.1, -0.05) is 26.8 Å². The van der Waals surface area contributed by atoms with Crippen molar-refractivity contribution in [2.75, 3.05) is 11.9 Å². The number of rotatable bonds is 4. The Kier molecular flexibility index (Phi) is 4.33. The number of benzene rings is 1. The Morgan fingerprint density at radius 3 is 2.65 bits per heavy atom. The molecule has 0 aliphatic heterocycles. The van der Waals surface area contributed by atoms with Crippen molar-refractivity contribution in [1.29, 1.82) is 0 Å². The van der Waals surface area contributed by atoms with Crippen molar-refractivity contribution in [2.24, 2.45) is 0 Å². The number of hydrogen-bond acceptors (Lipinski definition) is 7. The highest BCUT2D eigenvalue weighted by Crippen LogP contribution is 2.28. The molecule has 1 unspecified atom stereocenters. The Bertz CT molecular complexity index is 1000. The minimum Gasteiger partial charge on any atom is -0.504 e. The summed E-state index contributed by atoms with van der Waals surface area (Å²) in [5, 5.41) is 38.6. The summed E-state index contributed by atoms with van der Waals surface area (Å²) in [4.78, 5) is 16.5. The predicted molar refractivity (Wildman–Crippen MR) is 95.5 cm³/mol. The number of nitrogens with one attached hydrogen (secondary N) is 2. The molecule has 0 aliphatic carbocycles. The number of anilines is 1. The van der Waals surface area contributed by atoms with Gasteiger partial charge in [-0.25, -0.2) is 19.3 Å². The van der Waals surface area contributed by atoms with Gasteiger partial charge in [0, 0.05) is 18.2 Å². The normalized spacial score (nSPS) is 13.1. The smallest absolute Gasteiger partial charge is 0.347 e. The topological polar surface area (TPSA) is 136 Å². The number of aliphatic hydroxyl groups excluding tert-OH is 1. The fourth-order valence-electron chi connectivity index (χ4n) is 2.45. The molecule has 0 aliphatic rings. The van der Waals surface area contributed by atoms with Gasteiger partial charge in [-0.3, -0.25) is 0 Å². The second kappa shape index (κ2) is 6.34. The standard InChI is InChI=1S/C17H21N5O4/c1-17(2,3)13-8-22-15(20-21-16(22)26)14(19-13)18-7-12(25)9-4-5-10(23)11(24)6-9/h4-6,8,12,23-25H,7H2,1-3H3,(H,18,19)(H,21,26). The predicted octanol–water partition coefficient (Wildman–Crippen LogP) is 1.27. The third kappa shape index (κ3) is 3.33. The molecule has 0 saturated carbocycles. The third-order valence-electron chi connectivity index (χ3n) is 4.02. The van der Waals surface area contributed by atoms with Crippen molar-refractivity contribution in [2.45, 2.75) is 32.3 Å². The number of aliphatic hydroxyl groups is 1. The zero-order chi connectivity index (χ0) is 19.1. The number of aromatic nitrogens is 4. The maximum Gasteiger partial charge on any atom is 0.347 e. The van der Waals surface area contributed by atoms with Crippen LogP contribution in [0, 0.1) is 0 Å². The van der Waals surface area contributed by atoms with E-state index in [1.165, 1.54) is 22.6 Å².